The maximum Gasteiger partial charge on any atom is 0.137 e. The number of likely N-dealkylation sites (N-methyl/N-ethyl adjacent to an activating group) is 1. The number of nitrogens with zero attached hydrogens (tertiary/aromatic N) is 3. The average Bonchev–Trinajstić information content (AvgIpc) is 3.12. The van der Waals surface area contributed by atoms with Gasteiger partial charge in [0, 0.05) is 30.6 Å². The van der Waals surface area contributed by atoms with Crippen molar-refractivity contribution in [1.29, 1.82) is 0 Å². The van der Waals surface area contributed by atoms with Crippen LogP contribution in [0.15, 0.2) is 24.5 Å². The molecule has 1 fully saturated rings. The Labute approximate surface area is 133 Å². The van der Waals surface area contributed by atoms with Gasteiger partial charge in [0.1, 0.15) is 18.0 Å². The molecule has 2 atom stereocenters. The molecular formula is C15H18ClFN4O. The number of ether oxygens (including phenoxy) is 1. The van der Waals surface area contributed by atoms with Crippen molar-refractivity contribution in [2.24, 2.45) is 0 Å². The van der Waals surface area contributed by atoms with Gasteiger partial charge in [-0.2, -0.15) is 5.10 Å². The molecule has 1 aliphatic heterocycles. The van der Waals surface area contributed by atoms with Crippen molar-refractivity contribution in [3.8, 4) is 0 Å². The van der Waals surface area contributed by atoms with Crippen LogP contribution in [0.25, 0.3) is 0 Å². The molecule has 1 N–H and O–H groups in total. The van der Waals surface area contributed by atoms with E-state index in [1.807, 2.05) is 7.05 Å². The van der Waals surface area contributed by atoms with Crippen LogP contribution in [-0.4, -0.2) is 46.4 Å². The molecule has 2 aromatic rings. The van der Waals surface area contributed by atoms with Crippen LogP contribution in [0.5, 0.6) is 0 Å². The van der Waals surface area contributed by atoms with Gasteiger partial charge in [-0.05, 0) is 31.2 Å². The van der Waals surface area contributed by atoms with Gasteiger partial charge in [0.2, 0.25) is 0 Å². The molecule has 22 heavy (non-hydrogen) atoms. The fraction of sp³-hybridized carbons (Fsp3) is 0.467. The number of benzene rings is 1. The molecule has 0 spiro atoms. The van der Waals surface area contributed by atoms with Gasteiger partial charge in [-0.25, -0.2) is 9.37 Å². The lowest BCUT2D eigenvalue weighted by Gasteiger charge is -2.24. The lowest BCUT2D eigenvalue weighted by Crippen LogP contribution is -2.32. The van der Waals surface area contributed by atoms with Crippen molar-refractivity contribution in [1.82, 2.24) is 20.1 Å². The topological polar surface area (TPSA) is 54.0 Å². The third-order valence-corrected chi connectivity index (χ3v) is 4.29. The highest BCUT2D eigenvalue weighted by atomic mass is 35.5. The number of H-pyrrole nitrogens is 1. The zero-order chi connectivity index (χ0) is 15.5. The highest BCUT2D eigenvalue weighted by Gasteiger charge is 2.32. The van der Waals surface area contributed by atoms with Gasteiger partial charge in [0.05, 0.1) is 6.10 Å². The molecule has 0 saturated carbocycles. The number of nitrogens with one attached hydrogen (secondary N) is 1. The number of halogens is 2. The fourth-order valence-electron chi connectivity index (χ4n) is 2.85. The lowest BCUT2D eigenvalue weighted by atomic mass is 10.0. The van der Waals surface area contributed by atoms with Gasteiger partial charge in [0.25, 0.3) is 0 Å². The van der Waals surface area contributed by atoms with Crippen molar-refractivity contribution in [3.63, 3.8) is 0 Å². The van der Waals surface area contributed by atoms with Crippen LogP contribution in [0.3, 0.4) is 0 Å². The molecule has 118 valence electrons. The van der Waals surface area contributed by atoms with Crippen LogP contribution >= 0.6 is 11.6 Å². The van der Waals surface area contributed by atoms with Crippen molar-refractivity contribution in [3.05, 3.63) is 46.8 Å². The molecular weight excluding hydrogens is 307 g/mol. The largest absolute Gasteiger partial charge is 0.376 e. The first-order valence-electron chi connectivity index (χ1n) is 7.23. The lowest BCUT2D eigenvalue weighted by molar-refractivity contribution is 0.0711. The van der Waals surface area contributed by atoms with Crippen LogP contribution in [0, 0.1) is 5.82 Å². The Morgan fingerprint density at radius 1 is 1.50 bits per heavy atom. The van der Waals surface area contributed by atoms with Gasteiger partial charge >= 0.3 is 0 Å². The van der Waals surface area contributed by atoms with E-state index in [0.717, 1.165) is 31.0 Å². The number of hydrogen-bond acceptors (Lipinski definition) is 4. The highest BCUT2D eigenvalue weighted by Crippen LogP contribution is 2.29. The van der Waals surface area contributed by atoms with Crippen LogP contribution in [-0.2, 0) is 11.3 Å². The molecule has 3 rings (SSSR count). The zero-order valence-corrected chi connectivity index (χ0v) is 13.1. The smallest absolute Gasteiger partial charge is 0.137 e. The van der Waals surface area contributed by atoms with Crippen molar-refractivity contribution in [2.75, 3.05) is 20.2 Å². The maximum absolute atomic E-state index is 13.1. The summed E-state index contributed by atoms with van der Waals surface area (Å²) in [6, 6.07) is 4.49. The van der Waals surface area contributed by atoms with Gasteiger partial charge in [0.15, 0.2) is 0 Å². The van der Waals surface area contributed by atoms with Gasteiger partial charge in [-0.15, -0.1) is 0 Å². The van der Waals surface area contributed by atoms with E-state index in [0.29, 0.717) is 11.6 Å². The monoisotopic (exact) mass is 324 g/mol. The Balaban J connectivity index is 1.62. The Morgan fingerprint density at radius 3 is 3.09 bits per heavy atom. The summed E-state index contributed by atoms with van der Waals surface area (Å²) in [5.74, 6) is 0.783. The first-order valence-corrected chi connectivity index (χ1v) is 7.60. The van der Waals surface area contributed by atoms with E-state index in [9.17, 15) is 4.39 Å². The molecule has 1 saturated heterocycles. The molecule has 0 aliphatic carbocycles. The minimum Gasteiger partial charge on any atom is -0.376 e. The Bertz CT molecular complexity index is 622. The molecule has 0 amide bonds. The molecule has 0 radical (unpaired) electrons. The number of hydrogen-bond donors (Lipinski definition) is 1. The fourth-order valence-corrected chi connectivity index (χ4v) is 3.07. The van der Waals surface area contributed by atoms with E-state index in [1.54, 1.807) is 6.07 Å². The number of aromatic amines is 1. The molecule has 1 aromatic carbocycles. The predicted molar refractivity (Wildman–Crippen MR) is 81.2 cm³/mol. The van der Waals surface area contributed by atoms with Crippen LogP contribution in [0.4, 0.5) is 4.39 Å². The Kier molecular flexibility index (Phi) is 4.71. The van der Waals surface area contributed by atoms with Gasteiger partial charge in [-0.1, -0.05) is 17.7 Å². The molecule has 1 aliphatic rings. The minimum atomic E-state index is -0.319. The second-order valence-corrected chi connectivity index (χ2v) is 6.01. The number of aromatic nitrogens is 3. The van der Waals surface area contributed by atoms with Gasteiger partial charge in [-0.3, -0.25) is 10.00 Å². The van der Waals surface area contributed by atoms with E-state index < -0.39 is 0 Å². The third kappa shape index (κ3) is 3.45. The van der Waals surface area contributed by atoms with E-state index in [1.165, 1.54) is 18.5 Å². The van der Waals surface area contributed by atoms with Crippen molar-refractivity contribution in [2.45, 2.75) is 25.0 Å². The predicted octanol–water partition coefficient (Wildman–Crippen LogP) is 2.60. The zero-order valence-electron chi connectivity index (χ0n) is 12.3. The summed E-state index contributed by atoms with van der Waals surface area (Å²) in [5.41, 5.74) is 0.903. The first kappa shape index (κ1) is 15.4. The van der Waals surface area contributed by atoms with Crippen LogP contribution < -0.4 is 0 Å². The quantitative estimate of drug-likeness (QED) is 0.918. The highest BCUT2D eigenvalue weighted by molar-refractivity contribution is 6.31. The molecule has 0 bridgehead atoms. The SMILES string of the molecule is CN(Cc1ccc(F)cc1Cl)C[C@H]1OCC[C@H]1c1ncn[nH]1. The average molecular weight is 325 g/mol. The molecule has 7 heteroatoms. The Hall–Kier alpha value is -1.50. The van der Waals surface area contributed by atoms with Crippen molar-refractivity contribution < 1.29 is 9.13 Å². The van der Waals surface area contributed by atoms with Crippen LogP contribution in [0.1, 0.15) is 23.7 Å². The summed E-state index contributed by atoms with van der Waals surface area (Å²) in [4.78, 5) is 6.36. The van der Waals surface area contributed by atoms with Gasteiger partial charge < -0.3 is 4.74 Å². The number of rotatable bonds is 5. The van der Waals surface area contributed by atoms with Crippen molar-refractivity contribution >= 4 is 11.6 Å². The summed E-state index contributed by atoms with van der Waals surface area (Å²) in [7, 11) is 2.00. The molecule has 2 heterocycles. The molecule has 5 nitrogen and oxygen atoms in total. The normalized spacial score (nSPS) is 21.6. The maximum atomic E-state index is 13.1. The summed E-state index contributed by atoms with van der Waals surface area (Å²) >= 11 is 6.08. The summed E-state index contributed by atoms with van der Waals surface area (Å²) in [6.45, 7) is 2.11. The standard InChI is InChI=1S/C15H18ClFN4O/c1-21(7-10-2-3-11(17)6-13(10)16)8-14-12(4-5-22-14)15-18-9-19-20-15/h2-3,6,9,12,14H,4-5,7-8H2,1H3,(H,18,19,20)/t12-,14-/m1/s1. The van der Waals surface area contributed by atoms with E-state index >= 15 is 0 Å². The summed E-state index contributed by atoms with van der Waals surface area (Å²) < 4.78 is 18.9. The second kappa shape index (κ2) is 6.73. The summed E-state index contributed by atoms with van der Waals surface area (Å²) in [6.07, 6.45) is 2.52. The van der Waals surface area contributed by atoms with E-state index in [-0.39, 0.29) is 17.8 Å². The Morgan fingerprint density at radius 2 is 2.36 bits per heavy atom. The molecule has 0 unspecified atom stereocenters. The van der Waals surface area contributed by atoms with Crippen LogP contribution in [0.2, 0.25) is 5.02 Å². The van der Waals surface area contributed by atoms with E-state index in [4.69, 9.17) is 16.3 Å². The first-order chi connectivity index (χ1) is 10.6. The second-order valence-electron chi connectivity index (χ2n) is 5.61. The molecule has 1 aromatic heterocycles. The third-order valence-electron chi connectivity index (χ3n) is 3.94. The summed E-state index contributed by atoms with van der Waals surface area (Å²) in [5, 5.41) is 7.28. The van der Waals surface area contributed by atoms with E-state index in [2.05, 4.69) is 20.1 Å². The minimum absolute atomic E-state index is 0.0668.